The first-order chi connectivity index (χ1) is 10.5. The number of carbonyl (C=O) groups excluding carboxylic acids is 1. The van der Waals surface area contributed by atoms with Gasteiger partial charge in [0.1, 0.15) is 5.02 Å². The summed E-state index contributed by atoms with van der Waals surface area (Å²) in [6.45, 7) is 3.65. The molecule has 0 bridgehead atoms. The average Bonchev–Trinajstić information content (AvgIpc) is 2.52. The number of nitrogens with zero attached hydrogens (tertiary/aromatic N) is 1. The van der Waals surface area contributed by atoms with Gasteiger partial charge < -0.3 is 0 Å². The van der Waals surface area contributed by atoms with Gasteiger partial charge in [0.2, 0.25) is 0 Å². The number of allylic oxidation sites excluding steroid dienone is 1. The number of nitro benzene ring substituents is 1. The molecule has 5 heteroatoms. The Morgan fingerprint density at radius 2 is 1.77 bits per heavy atom. The van der Waals surface area contributed by atoms with E-state index in [0.29, 0.717) is 11.1 Å². The molecule has 0 heterocycles. The van der Waals surface area contributed by atoms with E-state index in [2.05, 4.69) is 6.58 Å². The first kappa shape index (κ1) is 15.7. The summed E-state index contributed by atoms with van der Waals surface area (Å²) in [5, 5.41) is 10.7. The molecule has 4 nitrogen and oxygen atoms in total. The summed E-state index contributed by atoms with van der Waals surface area (Å²) in [5.41, 5.74) is 1.94. The molecule has 110 valence electrons. The maximum atomic E-state index is 12.0. The molecule has 2 rings (SSSR count). The molecule has 0 unspecified atom stereocenters. The van der Waals surface area contributed by atoms with Crippen molar-refractivity contribution in [1.29, 1.82) is 0 Å². The maximum absolute atomic E-state index is 12.0. The molecular formula is C17H12ClNO3. The fourth-order valence-corrected chi connectivity index (χ4v) is 2.08. The van der Waals surface area contributed by atoms with E-state index in [1.807, 2.05) is 0 Å². The Morgan fingerprint density at radius 1 is 1.14 bits per heavy atom. The van der Waals surface area contributed by atoms with Gasteiger partial charge in [-0.25, -0.2) is 0 Å². The van der Waals surface area contributed by atoms with Gasteiger partial charge in [-0.05, 0) is 29.3 Å². The van der Waals surface area contributed by atoms with Gasteiger partial charge in [-0.3, -0.25) is 14.9 Å². The molecule has 0 fully saturated rings. The summed E-state index contributed by atoms with van der Waals surface area (Å²) in [5.74, 6) is -0.162. The first-order valence-corrected chi connectivity index (χ1v) is 6.78. The minimum absolute atomic E-state index is 0.0370. The number of hydrogen-bond acceptors (Lipinski definition) is 3. The van der Waals surface area contributed by atoms with Crippen molar-refractivity contribution in [3.05, 3.63) is 86.9 Å². The van der Waals surface area contributed by atoms with E-state index < -0.39 is 4.92 Å². The van der Waals surface area contributed by atoms with Crippen molar-refractivity contribution in [2.24, 2.45) is 0 Å². The van der Waals surface area contributed by atoms with E-state index in [0.717, 1.165) is 5.56 Å². The molecule has 0 aliphatic rings. The van der Waals surface area contributed by atoms with Crippen molar-refractivity contribution in [3.63, 3.8) is 0 Å². The summed E-state index contributed by atoms with van der Waals surface area (Å²) in [7, 11) is 0. The largest absolute Gasteiger partial charge is 0.289 e. The van der Waals surface area contributed by atoms with Crippen molar-refractivity contribution < 1.29 is 9.72 Å². The quantitative estimate of drug-likeness (QED) is 0.345. The van der Waals surface area contributed by atoms with Crippen LogP contribution in [-0.4, -0.2) is 10.7 Å². The van der Waals surface area contributed by atoms with Gasteiger partial charge in [0.05, 0.1) is 4.92 Å². The van der Waals surface area contributed by atoms with Crippen molar-refractivity contribution >= 4 is 35.2 Å². The van der Waals surface area contributed by atoms with Crippen LogP contribution in [0.15, 0.2) is 55.1 Å². The van der Waals surface area contributed by atoms with E-state index in [1.54, 1.807) is 36.4 Å². The highest BCUT2D eigenvalue weighted by molar-refractivity contribution is 6.32. The van der Waals surface area contributed by atoms with Crippen LogP contribution in [0.25, 0.3) is 12.2 Å². The van der Waals surface area contributed by atoms with Gasteiger partial charge in [0.15, 0.2) is 5.78 Å². The number of carbonyl (C=O) groups is 1. The molecule has 0 radical (unpaired) electrons. The molecule has 2 aromatic rings. The van der Waals surface area contributed by atoms with Crippen LogP contribution < -0.4 is 0 Å². The van der Waals surface area contributed by atoms with Crippen molar-refractivity contribution in [3.8, 4) is 0 Å². The Hall–Kier alpha value is -2.72. The van der Waals surface area contributed by atoms with Crippen LogP contribution in [0.3, 0.4) is 0 Å². The molecule has 0 saturated carbocycles. The number of hydrogen-bond donors (Lipinski definition) is 0. The van der Waals surface area contributed by atoms with Crippen LogP contribution in [0.4, 0.5) is 5.69 Å². The molecule has 0 aliphatic heterocycles. The Balaban J connectivity index is 2.16. The SMILES string of the molecule is C=Cc1ccc(C(=O)C=Cc2ccc([N+](=O)[O-])c(Cl)c2)cc1. The molecule has 0 N–H and O–H groups in total. The van der Waals surface area contributed by atoms with Crippen LogP contribution in [0.2, 0.25) is 5.02 Å². The molecule has 0 amide bonds. The minimum Gasteiger partial charge on any atom is -0.289 e. The van der Waals surface area contributed by atoms with E-state index in [9.17, 15) is 14.9 Å². The zero-order valence-electron chi connectivity index (χ0n) is 11.5. The zero-order valence-corrected chi connectivity index (χ0v) is 12.3. The van der Waals surface area contributed by atoms with Crippen LogP contribution in [0.1, 0.15) is 21.5 Å². The molecule has 22 heavy (non-hydrogen) atoms. The van der Waals surface area contributed by atoms with E-state index in [1.165, 1.54) is 24.3 Å². The van der Waals surface area contributed by atoms with E-state index in [4.69, 9.17) is 11.6 Å². The maximum Gasteiger partial charge on any atom is 0.287 e. The van der Waals surface area contributed by atoms with Crippen molar-refractivity contribution in [1.82, 2.24) is 0 Å². The highest BCUT2D eigenvalue weighted by Gasteiger charge is 2.11. The third kappa shape index (κ3) is 3.68. The lowest BCUT2D eigenvalue weighted by Crippen LogP contribution is -1.94. The second kappa shape index (κ2) is 6.83. The average molecular weight is 314 g/mol. The van der Waals surface area contributed by atoms with Crippen LogP contribution in [-0.2, 0) is 0 Å². The smallest absolute Gasteiger partial charge is 0.287 e. The summed E-state index contributed by atoms with van der Waals surface area (Å²) in [4.78, 5) is 22.1. The highest BCUT2D eigenvalue weighted by atomic mass is 35.5. The third-order valence-electron chi connectivity index (χ3n) is 3.03. The number of halogens is 1. The van der Waals surface area contributed by atoms with Gasteiger partial charge in [-0.1, -0.05) is 54.6 Å². The van der Waals surface area contributed by atoms with Crippen molar-refractivity contribution in [2.75, 3.05) is 0 Å². The predicted octanol–water partition coefficient (Wildman–Crippen LogP) is 4.79. The molecule has 2 aromatic carbocycles. The summed E-state index contributed by atoms with van der Waals surface area (Å²) in [6, 6.07) is 11.3. The number of rotatable bonds is 5. The summed E-state index contributed by atoms with van der Waals surface area (Å²) < 4.78 is 0. The van der Waals surface area contributed by atoms with Crippen molar-refractivity contribution in [2.45, 2.75) is 0 Å². The van der Waals surface area contributed by atoms with Gasteiger partial charge in [-0.15, -0.1) is 0 Å². The topological polar surface area (TPSA) is 60.2 Å². The predicted molar refractivity (Wildman–Crippen MR) is 88.0 cm³/mol. The van der Waals surface area contributed by atoms with Gasteiger partial charge in [-0.2, -0.15) is 0 Å². The Bertz CT molecular complexity index is 764. The van der Waals surface area contributed by atoms with E-state index >= 15 is 0 Å². The molecule has 0 aromatic heterocycles. The second-order valence-electron chi connectivity index (χ2n) is 4.49. The number of ketones is 1. The van der Waals surface area contributed by atoms with Crippen LogP contribution in [0, 0.1) is 10.1 Å². The van der Waals surface area contributed by atoms with Crippen LogP contribution >= 0.6 is 11.6 Å². The Morgan fingerprint density at radius 3 is 2.32 bits per heavy atom. The van der Waals surface area contributed by atoms with E-state index in [-0.39, 0.29) is 16.5 Å². The first-order valence-electron chi connectivity index (χ1n) is 6.40. The lowest BCUT2D eigenvalue weighted by atomic mass is 10.1. The van der Waals surface area contributed by atoms with Gasteiger partial charge in [0.25, 0.3) is 5.69 Å². The minimum atomic E-state index is -0.553. The van der Waals surface area contributed by atoms with Crippen LogP contribution in [0.5, 0.6) is 0 Å². The monoisotopic (exact) mass is 313 g/mol. The fraction of sp³-hybridized carbons (Fsp3) is 0. The lowest BCUT2D eigenvalue weighted by molar-refractivity contribution is -0.384. The lowest BCUT2D eigenvalue weighted by Gasteiger charge is -1.99. The van der Waals surface area contributed by atoms with Gasteiger partial charge >= 0.3 is 0 Å². The Kier molecular flexibility index (Phi) is 4.86. The summed E-state index contributed by atoms with van der Waals surface area (Å²) >= 11 is 5.82. The molecule has 0 atom stereocenters. The van der Waals surface area contributed by atoms with Gasteiger partial charge in [0, 0.05) is 11.6 Å². The molecular weight excluding hydrogens is 302 g/mol. The molecule has 0 spiro atoms. The molecule has 0 aliphatic carbocycles. The summed E-state index contributed by atoms with van der Waals surface area (Å²) in [6.07, 6.45) is 4.67. The Labute approximate surface area is 132 Å². The normalized spacial score (nSPS) is 10.6. The standard InChI is InChI=1S/C17H12ClNO3/c1-2-12-3-7-14(8-4-12)17(20)10-6-13-5-9-16(19(21)22)15(18)11-13/h2-11H,1H2. The number of benzene rings is 2. The zero-order chi connectivity index (χ0) is 16.1. The molecule has 0 saturated heterocycles. The second-order valence-corrected chi connectivity index (χ2v) is 4.90. The number of nitro groups is 1. The highest BCUT2D eigenvalue weighted by Crippen LogP contribution is 2.25. The fourth-order valence-electron chi connectivity index (χ4n) is 1.83. The third-order valence-corrected chi connectivity index (χ3v) is 3.33.